The van der Waals surface area contributed by atoms with Crippen LogP contribution in [0.25, 0.3) is 0 Å². The van der Waals surface area contributed by atoms with Crippen molar-refractivity contribution in [1.82, 2.24) is 5.32 Å². The summed E-state index contributed by atoms with van der Waals surface area (Å²) in [6.07, 6.45) is -3.20. The lowest BCUT2D eigenvalue weighted by Crippen LogP contribution is -2.39. The molecule has 0 aromatic rings. The topological polar surface area (TPSA) is 125 Å². The van der Waals surface area contributed by atoms with Crippen LogP contribution in [0.3, 0.4) is 0 Å². The third-order valence-corrected chi connectivity index (χ3v) is 3.08. The van der Waals surface area contributed by atoms with Crippen LogP contribution in [0.15, 0.2) is 0 Å². The van der Waals surface area contributed by atoms with E-state index in [1.165, 1.54) is 0 Å². The quantitative estimate of drug-likeness (QED) is 0.292. The molecule has 8 nitrogen and oxygen atoms in total. The molecular weight excluding hydrogens is 301 g/mol. The Morgan fingerprint density at radius 3 is 2.14 bits per heavy atom. The summed E-state index contributed by atoms with van der Waals surface area (Å²) in [4.78, 5) is 40.5. The first-order valence-corrected chi connectivity index (χ1v) is 8.05. The molecule has 0 fully saturated rings. The molecule has 124 valence electrons. The number of hydrogen-bond donors (Lipinski definition) is 4. The molecule has 1 amide bonds. The lowest BCUT2D eigenvalue weighted by molar-refractivity contribution is -0.178. The molecule has 21 heavy (non-hydrogen) atoms. The zero-order valence-electron chi connectivity index (χ0n) is 12.6. The minimum atomic E-state index is -2.23. The Bertz CT molecular complexity index is 336. The summed E-state index contributed by atoms with van der Waals surface area (Å²) in [7, 11) is -2.23. The number of carbonyl (C=O) groups is 2. The van der Waals surface area contributed by atoms with Crippen LogP contribution >= 0.6 is 8.38 Å². The van der Waals surface area contributed by atoms with Gasteiger partial charge < -0.3 is 29.7 Å². The van der Waals surface area contributed by atoms with Crippen LogP contribution in [-0.2, 0) is 14.3 Å². The van der Waals surface area contributed by atoms with E-state index in [2.05, 4.69) is 5.32 Å². The average molecular weight is 325 g/mol. The number of aliphatic hydroxyl groups is 1. The fraction of sp³-hybridized carbons (Fsp3) is 0.833. The molecule has 0 aliphatic carbocycles. The summed E-state index contributed by atoms with van der Waals surface area (Å²) < 4.78 is 10.0. The van der Waals surface area contributed by atoms with Crippen molar-refractivity contribution in [3.8, 4) is 0 Å². The van der Waals surface area contributed by atoms with Crippen LogP contribution in [0, 0.1) is 11.8 Å². The summed E-state index contributed by atoms with van der Waals surface area (Å²) in [5, 5.41) is 11.6. The standard InChI is InChI=1S/C12H24NO7P/c1-7(2)10(15)19-11(8(3)4)20-12(16)13-5-9(14)6-21(17)18/h7-9,11,14,17-18H,5-6H2,1-4H3,(H,13,16)/t9-,11-/m1/s1. The van der Waals surface area contributed by atoms with Gasteiger partial charge in [-0.25, -0.2) is 4.79 Å². The first-order valence-electron chi connectivity index (χ1n) is 6.61. The summed E-state index contributed by atoms with van der Waals surface area (Å²) in [6, 6.07) is 0. The highest BCUT2D eigenvalue weighted by molar-refractivity contribution is 7.45. The van der Waals surface area contributed by atoms with Crippen LogP contribution < -0.4 is 5.32 Å². The Kier molecular flexibility index (Phi) is 9.44. The molecule has 0 unspecified atom stereocenters. The third kappa shape index (κ3) is 9.57. The minimum Gasteiger partial charge on any atom is -0.425 e. The number of hydrogen-bond acceptors (Lipinski definition) is 7. The fourth-order valence-electron chi connectivity index (χ4n) is 1.15. The number of esters is 1. The van der Waals surface area contributed by atoms with E-state index in [1.54, 1.807) is 27.7 Å². The summed E-state index contributed by atoms with van der Waals surface area (Å²) in [6.45, 7) is 6.59. The normalized spacial score (nSPS) is 14.2. The molecule has 2 atom stereocenters. The molecule has 9 heteroatoms. The minimum absolute atomic E-state index is 0.193. The molecule has 4 N–H and O–H groups in total. The Balaban J connectivity index is 4.27. The fourth-order valence-corrected chi connectivity index (χ4v) is 1.65. The zero-order chi connectivity index (χ0) is 16.6. The number of alkyl carbamates (subject to hydrolysis) is 1. The highest BCUT2D eigenvalue weighted by atomic mass is 31.2. The predicted octanol–water partition coefficient (Wildman–Crippen LogP) is 0.551. The molecule has 0 rings (SSSR count). The predicted molar refractivity (Wildman–Crippen MR) is 76.3 cm³/mol. The largest absolute Gasteiger partial charge is 0.425 e. The number of nitrogens with one attached hydrogen (secondary N) is 1. The Labute approximate surface area is 125 Å². The average Bonchev–Trinajstić information content (AvgIpc) is 2.34. The third-order valence-electron chi connectivity index (χ3n) is 2.33. The smallest absolute Gasteiger partial charge is 0.410 e. The van der Waals surface area contributed by atoms with Gasteiger partial charge in [0.25, 0.3) is 6.29 Å². The second-order valence-corrected chi connectivity index (χ2v) is 6.31. The van der Waals surface area contributed by atoms with Crippen molar-refractivity contribution in [3.63, 3.8) is 0 Å². The van der Waals surface area contributed by atoms with Gasteiger partial charge in [-0.3, -0.25) is 4.79 Å². The van der Waals surface area contributed by atoms with E-state index in [-0.39, 0.29) is 24.5 Å². The van der Waals surface area contributed by atoms with Gasteiger partial charge in [0.15, 0.2) is 8.38 Å². The molecule has 0 bridgehead atoms. The molecule has 0 radical (unpaired) electrons. The monoisotopic (exact) mass is 325 g/mol. The maximum Gasteiger partial charge on any atom is 0.410 e. The van der Waals surface area contributed by atoms with Gasteiger partial charge >= 0.3 is 12.1 Å². The van der Waals surface area contributed by atoms with Crippen molar-refractivity contribution in [2.45, 2.75) is 40.1 Å². The van der Waals surface area contributed by atoms with Crippen molar-refractivity contribution in [3.05, 3.63) is 0 Å². The van der Waals surface area contributed by atoms with Gasteiger partial charge in [-0.05, 0) is 0 Å². The van der Waals surface area contributed by atoms with Gasteiger partial charge in [-0.2, -0.15) is 0 Å². The Hall–Kier alpha value is -0.950. The van der Waals surface area contributed by atoms with E-state index in [0.29, 0.717) is 0 Å². The SMILES string of the molecule is CC(C)C(=O)O[C@H](OC(=O)NC[C@@H](O)CP(O)O)C(C)C. The molecule has 0 aromatic heterocycles. The highest BCUT2D eigenvalue weighted by Crippen LogP contribution is 2.23. The van der Waals surface area contributed by atoms with Crippen molar-refractivity contribution >= 4 is 20.4 Å². The second kappa shape index (κ2) is 9.89. The van der Waals surface area contributed by atoms with E-state index in [0.717, 1.165) is 0 Å². The van der Waals surface area contributed by atoms with E-state index < -0.39 is 32.8 Å². The first-order chi connectivity index (χ1) is 9.63. The lowest BCUT2D eigenvalue weighted by atomic mass is 10.2. The molecule has 0 aromatic carbocycles. The maximum atomic E-state index is 11.5. The van der Waals surface area contributed by atoms with Crippen molar-refractivity contribution in [2.24, 2.45) is 11.8 Å². The van der Waals surface area contributed by atoms with Gasteiger partial charge in [0, 0.05) is 18.6 Å². The number of ether oxygens (including phenoxy) is 2. The molecule has 0 saturated carbocycles. The van der Waals surface area contributed by atoms with Crippen molar-refractivity contribution in [1.29, 1.82) is 0 Å². The summed E-state index contributed by atoms with van der Waals surface area (Å²) in [5.41, 5.74) is 0. The zero-order valence-corrected chi connectivity index (χ0v) is 13.5. The van der Waals surface area contributed by atoms with Crippen LogP contribution in [0.2, 0.25) is 0 Å². The van der Waals surface area contributed by atoms with E-state index in [9.17, 15) is 14.7 Å². The molecular formula is C12H24NO7P. The van der Waals surface area contributed by atoms with E-state index in [4.69, 9.17) is 19.3 Å². The highest BCUT2D eigenvalue weighted by Gasteiger charge is 2.24. The van der Waals surface area contributed by atoms with Crippen LogP contribution in [0.5, 0.6) is 0 Å². The lowest BCUT2D eigenvalue weighted by Gasteiger charge is -2.22. The summed E-state index contributed by atoms with van der Waals surface area (Å²) >= 11 is 0. The molecule has 0 spiro atoms. The first kappa shape index (κ1) is 20.1. The van der Waals surface area contributed by atoms with Crippen LogP contribution in [-0.4, -0.2) is 52.1 Å². The van der Waals surface area contributed by atoms with Gasteiger partial charge in [-0.1, -0.05) is 27.7 Å². The van der Waals surface area contributed by atoms with Crippen LogP contribution in [0.4, 0.5) is 4.79 Å². The van der Waals surface area contributed by atoms with Crippen molar-refractivity contribution in [2.75, 3.05) is 12.7 Å². The summed E-state index contributed by atoms with van der Waals surface area (Å²) in [5.74, 6) is -1.05. The van der Waals surface area contributed by atoms with E-state index in [1.807, 2.05) is 0 Å². The molecule has 0 heterocycles. The number of rotatable bonds is 8. The molecule has 0 aliphatic heterocycles. The van der Waals surface area contributed by atoms with Crippen LogP contribution in [0.1, 0.15) is 27.7 Å². The van der Waals surface area contributed by atoms with Gasteiger partial charge in [-0.15, -0.1) is 0 Å². The number of aliphatic hydroxyl groups excluding tert-OH is 1. The number of amides is 1. The Morgan fingerprint density at radius 1 is 1.14 bits per heavy atom. The van der Waals surface area contributed by atoms with Crippen molar-refractivity contribution < 1.29 is 34.0 Å². The van der Waals surface area contributed by atoms with E-state index >= 15 is 0 Å². The van der Waals surface area contributed by atoms with Gasteiger partial charge in [0.2, 0.25) is 0 Å². The Morgan fingerprint density at radius 2 is 1.71 bits per heavy atom. The molecule has 0 saturated heterocycles. The maximum absolute atomic E-state index is 11.5. The molecule has 0 aliphatic rings. The second-order valence-electron chi connectivity index (χ2n) is 5.20. The number of carbonyl (C=O) groups excluding carboxylic acids is 2. The van der Waals surface area contributed by atoms with Gasteiger partial charge in [0.05, 0.1) is 12.0 Å². The van der Waals surface area contributed by atoms with Gasteiger partial charge in [0.1, 0.15) is 0 Å².